The molecule has 0 atom stereocenters. The topological polar surface area (TPSA) is 4.93 Å². The van der Waals surface area contributed by atoms with Crippen LogP contribution in [-0.4, -0.2) is 4.57 Å². The van der Waals surface area contributed by atoms with Gasteiger partial charge in [0.25, 0.3) is 0 Å². The van der Waals surface area contributed by atoms with Gasteiger partial charge in [0.05, 0.1) is 11.0 Å². The Morgan fingerprint density at radius 3 is 1.56 bits per heavy atom. The van der Waals surface area contributed by atoms with Crippen LogP contribution in [0.4, 0.5) is 0 Å². The zero-order valence-corrected chi connectivity index (χ0v) is 23.8. The van der Waals surface area contributed by atoms with Gasteiger partial charge in [-0.15, -0.1) is 0 Å². The lowest BCUT2D eigenvalue weighted by atomic mass is 9.89. The molecule has 202 valence electrons. The minimum absolute atomic E-state index is 1.13. The molecule has 7 aromatic carbocycles. The van der Waals surface area contributed by atoms with Crippen LogP contribution in [0.2, 0.25) is 0 Å². The molecule has 1 nitrogen and oxygen atoms in total. The van der Waals surface area contributed by atoms with Crippen molar-refractivity contribution >= 4 is 55.5 Å². The Kier molecular flexibility index (Phi) is 5.84. The van der Waals surface area contributed by atoms with E-state index < -0.39 is 0 Å². The Balaban J connectivity index is 1.22. The van der Waals surface area contributed by atoms with Gasteiger partial charge in [-0.05, 0) is 91.3 Å². The number of hydrogen-bond donors (Lipinski definition) is 0. The predicted octanol–water partition coefficient (Wildman–Crippen LogP) is 11.7. The summed E-state index contributed by atoms with van der Waals surface area (Å²) >= 11 is 0. The normalized spacial score (nSPS) is 11.4. The first-order valence-corrected chi connectivity index (χ1v) is 14.7. The third kappa shape index (κ3) is 3.94. The van der Waals surface area contributed by atoms with Gasteiger partial charge < -0.3 is 4.57 Å². The summed E-state index contributed by atoms with van der Waals surface area (Å²) in [6.45, 7) is 8.27. The fourth-order valence-electron chi connectivity index (χ4n) is 6.73. The van der Waals surface area contributed by atoms with Crippen LogP contribution < -0.4 is 0 Å². The Bertz CT molecular complexity index is 2350. The van der Waals surface area contributed by atoms with Crippen LogP contribution >= 0.6 is 0 Å². The summed E-state index contributed by atoms with van der Waals surface area (Å²) in [5, 5.41) is 7.41. The van der Waals surface area contributed by atoms with Crippen LogP contribution in [-0.2, 0) is 0 Å². The first kappa shape index (κ1) is 25.1. The van der Waals surface area contributed by atoms with Crippen LogP contribution in [0.3, 0.4) is 0 Å². The summed E-state index contributed by atoms with van der Waals surface area (Å²) in [6, 6.07) is 50.4. The summed E-state index contributed by atoms with van der Waals surface area (Å²) in [7, 11) is 0. The molecule has 1 aromatic heterocycles. The van der Waals surface area contributed by atoms with Gasteiger partial charge in [0.1, 0.15) is 0 Å². The zero-order chi connectivity index (χ0) is 28.9. The van der Waals surface area contributed by atoms with Gasteiger partial charge in [-0.2, -0.15) is 0 Å². The van der Waals surface area contributed by atoms with E-state index in [1.807, 2.05) is 12.2 Å². The van der Waals surface area contributed by atoms with Crippen LogP contribution in [0.15, 0.2) is 153 Å². The van der Waals surface area contributed by atoms with Crippen LogP contribution in [0.25, 0.3) is 83.4 Å². The third-order valence-corrected chi connectivity index (χ3v) is 8.75. The first-order valence-electron chi connectivity index (χ1n) is 14.7. The van der Waals surface area contributed by atoms with Crippen molar-refractivity contribution in [1.82, 2.24) is 4.57 Å². The van der Waals surface area contributed by atoms with E-state index in [0.717, 1.165) is 11.1 Å². The number of aromatic nitrogens is 1. The summed E-state index contributed by atoms with van der Waals surface area (Å²) in [4.78, 5) is 0. The molecule has 0 bridgehead atoms. The molecule has 1 heterocycles. The highest BCUT2D eigenvalue weighted by Gasteiger charge is 2.14. The average Bonchev–Trinajstić information content (AvgIpc) is 3.41. The van der Waals surface area contributed by atoms with E-state index >= 15 is 0 Å². The summed E-state index contributed by atoms with van der Waals surface area (Å²) < 4.78 is 2.36. The molecule has 0 aliphatic heterocycles. The van der Waals surface area contributed by atoms with Gasteiger partial charge in [0.2, 0.25) is 0 Å². The van der Waals surface area contributed by atoms with Gasteiger partial charge in [-0.25, -0.2) is 0 Å². The Hall–Kier alpha value is -5.66. The molecule has 0 fully saturated rings. The molecule has 0 amide bonds. The van der Waals surface area contributed by atoms with Crippen molar-refractivity contribution in [3.8, 4) is 27.9 Å². The van der Waals surface area contributed by atoms with Crippen molar-refractivity contribution in [2.45, 2.75) is 0 Å². The van der Waals surface area contributed by atoms with E-state index in [1.54, 1.807) is 0 Å². The summed E-state index contributed by atoms with van der Waals surface area (Å²) in [6.07, 6.45) is 3.91. The maximum absolute atomic E-state index is 4.15. The molecule has 43 heavy (non-hydrogen) atoms. The highest BCUT2D eigenvalue weighted by Crippen LogP contribution is 2.38. The van der Waals surface area contributed by atoms with Crippen LogP contribution in [0, 0.1) is 0 Å². The number of para-hydroxylation sites is 2. The van der Waals surface area contributed by atoms with Crippen molar-refractivity contribution in [2.75, 3.05) is 0 Å². The molecule has 0 saturated heterocycles. The molecule has 0 aliphatic rings. The monoisotopic (exact) mass is 547 g/mol. The lowest BCUT2D eigenvalue weighted by Crippen LogP contribution is -1.92. The van der Waals surface area contributed by atoms with Gasteiger partial charge in [-0.3, -0.25) is 0 Å². The summed E-state index contributed by atoms with van der Waals surface area (Å²) in [5.74, 6) is 0. The number of rotatable bonds is 5. The fraction of sp³-hybridized carbons (Fsp3) is 0. The largest absolute Gasteiger partial charge is 0.309 e. The molecule has 8 aromatic rings. The number of nitrogens with zero attached hydrogens (tertiary/aromatic N) is 1. The first-order chi connectivity index (χ1) is 21.2. The average molecular weight is 548 g/mol. The quantitative estimate of drug-likeness (QED) is 0.189. The molecule has 0 unspecified atom stereocenters. The Morgan fingerprint density at radius 1 is 0.372 bits per heavy atom. The molecule has 8 rings (SSSR count). The van der Waals surface area contributed by atoms with Gasteiger partial charge >= 0.3 is 0 Å². The molecule has 0 N–H and O–H groups in total. The highest BCUT2D eigenvalue weighted by molar-refractivity contribution is 6.15. The minimum Gasteiger partial charge on any atom is -0.309 e. The Morgan fingerprint density at radius 2 is 0.860 bits per heavy atom. The molecule has 1 heteroatoms. The van der Waals surface area contributed by atoms with Crippen LogP contribution in [0.5, 0.6) is 0 Å². The van der Waals surface area contributed by atoms with Crippen molar-refractivity contribution in [3.05, 3.63) is 164 Å². The van der Waals surface area contributed by atoms with E-state index in [1.165, 1.54) is 71.3 Å². The standard InChI is InChI=1S/C42H29N/c1-3-33-34(4-2)39-26-30(22-24-37(39)36-15-9-8-14-35(33)36)28-18-20-29(21-19-28)31-23-25-42-40(27-31)38-16-10-11-17-41(38)43(42)32-12-6-5-7-13-32/h3-27H,1-2H2. The molecular formula is C42H29N. The second-order valence-corrected chi connectivity index (χ2v) is 11.0. The van der Waals surface area contributed by atoms with Gasteiger partial charge in [-0.1, -0.05) is 128 Å². The maximum Gasteiger partial charge on any atom is 0.0541 e. The molecule has 0 spiro atoms. The number of fused-ring (bicyclic) bond motifs is 6. The molecule has 0 radical (unpaired) electrons. The van der Waals surface area contributed by atoms with Gasteiger partial charge in [0, 0.05) is 16.5 Å². The summed E-state index contributed by atoms with van der Waals surface area (Å²) in [5.41, 5.74) is 10.7. The van der Waals surface area contributed by atoms with Gasteiger partial charge in [0.15, 0.2) is 0 Å². The fourth-order valence-corrected chi connectivity index (χ4v) is 6.73. The lowest BCUT2D eigenvalue weighted by Gasteiger charge is -2.14. The van der Waals surface area contributed by atoms with Crippen LogP contribution in [0.1, 0.15) is 11.1 Å². The zero-order valence-electron chi connectivity index (χ0n) is 23.8. The lowest BCUT2D eigenvalue weighted by molar-refractivity contribution is 1.18. The maximum atomic E-state index is 4.15. The number of benzene rings is 7. The third-order valence-electron chi connectivity index (χ3n) is 8.75. The Labute approximate surface area is 251 Å². The van der Waals surface area contributed by atoms with E-state index in [9.17, 15) is 0 Å². The molecule has 0 aliphatic carbocycles. The van der Waals surface area contributed by atoms with Crippen molar-refractivity contribution in [1.29, 1.82) is 0 Å². The SMILES string of the molecule is C=Cc1c(C=C)c2cc(-c3ccc(-c4ccc5c(c4)c4ccccc4n5-c4ccccc4)cc3)ccc2c2ccccc12. The van der Waals surface area contributed by atoms with Crippen molar-refractivity contribution < 1.29 is 0 Å². The van der Waals surface area contributed by atoms with E-state index in [2.05, 4.69) is 157 Å². The van der Waals surface area contributed by atoms with E-state index in [4.69, 9.17) is 0 Å². The minimum atomic E-state index is 1.13. The molecule has 0 saturated carbocycles. The number of hydrogen-bond acceptors (Lipinski definition) is 0. The predicted molar refractivity (Wildman–Crippen MR) is 187 cm³/mol. The van der Waals surface area contributed by atoms with E-state index in [-0.39, 0.29) is 0 Å². The highest BCUT2D eigenvalue weighted by atomic mass is 15.0. The second kappa shape index (κ2) is 10.0. The van der Waals surface area contributed by atoms with E-state index in [0.29, 0.717) is 0 Å². The second-order valence-electron chi connectivity index (χ2n) is 11.0. The van der Waals surface area contributed by atoms with Crippen molar-refractivity contribution in [3.63, 3.8) is 0 Å². The van der Waals surface area contributed by atoms with Crippen molar-refractivity contribution in [2.24, 2.45) is 0 Å². The smallest absolute Gasteiger partial charge is 0.0541 e. The molecular weight excluding hydrogens is 518 g/mol.